The summed E-state index contributed by atoms with van der Waals surface area (Å²) in [4.78, 5) is 16.4. The topological polar surface area (TPSA) is 23.6 Å². The van der Waals surface area contributed by atoms with Gasteiger partial charge in [0.05, 0.1) is 0 Å². The van der Waals surface area contributed by atoms with E-state index in [0.717, 1.165) is 39.0 Å². The summed E-state index contributed by atoms with van der Waals surface area (Å²) < 4.78 is 0. The predicted octanol–water partition coefficient (Wildman–Crippen LogP) is 3.52. The normalized spacial score (nSPS) is 23.5. The SMILES string of the molecule is CC1(C)CN(C(=O)N2CC=C(C(C)(C)C)CCC2)C1. The van der Waals surface area contributed by atoms with Crippen molar-refractivity contribution in [1.82, 2.24) is 9.80 Å². The first-order valence-corrected chi connectivity index (χ1v) is 7.42. The van der Waals surface area contributed by atoms with Gasteiger partial charge in [-0.25, -0.2) is 4.79 Å². The lowest BCUT2D eigenvalue weighted by Crippen LogP contribution is -2.59. The molecule has 2 heterocycles. The van der Waals surface area contributed by atoms with Gasteiger partial charge in [-0.3, -0.25) is 0 Å². The lowest BCUT2D eigenvalue weighted by Gasteiger charge is -2.47. The van der Waals surface area contributed by atoms with Crippen molar-refractivity contribution in [3.05, 3.63) is 11.6 Å². The summed E-state index contributed by atoms with van der Waals surface area (Å²) in [5.41, 5.74) is 2.04. The molecular formula is C16H28N2O. The lowest BCUT2D eigenvalue weighted by molar-refractivity contribution is 0.0442. The highest BCUT2D eigenvalue weighted by molar-refractivity contribution is 5.75. The van der Waals surface area contributed by atoms with Crippen LogP contribution in [0.15, 0.2) is 11.6 Å². The van der Waals surface area contributed by atoms with Crippen LogP contribution in [0.5, 0.6) is 0 Å². The number of nitrogens with zero attached hydrogens (tertiary/aromatic N) is 2. The summed E-state index contributed by atoms with van der Waals surface area (Å²) in [7, 11) is 0. The second-order valence-corrected chi connectivity index (χ2v) is 7.83. The largest absolute Gasteiger partial charge is 0.323 e. The van der Waals surface area contributed by atoms with Crippen LogP contribution in [0.1, 0.15) is 47.5 Å². The maximum Gasteiger partial charge on any atom is 0.320 e. The molecule has 1 fully saturated rings. The predicted molar refractivity (Wildman–Crippen MR) is 79.1 cm³/mol. The van der Waals surface area contributed by atoms with Crippen LogP contribution in [0.4, 0.5) is 4.79 Å². The first-order chi connectivity index (χ1) is 8.69. The summed E-state index contributed by atoms with van der Waals surface area (Å²) >= 11 is 0. The average Bonchev–Trinajstić information content (AvgIpc) is 2.49. The molecule has 19 heavy (non-hydrogen) atoms. The maximum absolute atomic E-state index is 12.4. The zero-order valence-corrected chi connectivity index (χ0v) is 13.1. The highest BCUT2D eigenvalue weighted by Crippen LogP contribution is 2.32. The Hall–Kier alpha value is -0.990. The van der Waals surface area contributed by atoms with E-state index in [-0.39, 0.29) is 11.4 Å². The molecule has 0 aromatic carbocycles. The molecule has 0 saturated carbocycles. The van der Waals surface area contributed by atoms with Crippen molar-refractivity contribution in [2.24, 2.45) is 10.8 Å². The third-order valence-corrected chi connectivity index (χ3v) is 4.17. The van der Waals surface area contributed by atoms with E-state index in [1.54, 1.807) is 0 Å². The van der Waals surface area contributed by atoms with E-state index in [1.165, 1.54) is 5.57 Å². The van der Waals surface area contributed by atoms with E-state index in [4.69, 9.17) is 0 Å². The third kappa shape index (κ3) is 3.31. The van der Waals surface area contributed by atoms with E-state index in [9.17, 15) is 4.79 Å². The number of hydrogen-bond donors (Lipinski definition) is 0. The Morgan fingerprint density at radius 2 is 1.84 bits per heavy atom. The molecular weight excluding hydrogens is 236 g/mol. The Labute approximate surface area is 117 Å². The van der Waals surface area contributed by atoms with E-state index >= 15 is 0 Å². The fourth-order valence-corrected chi connectivity index (χ4v) is 3.05. The minimum absolute atomic E-state index is 0.228. The molecule has 108 valence electrons. The molecule has 0 aromatic rings. The highest BCUT2D eigenvalue weighted by Gasteiger charge is 2.39. The van der Waals surface area contributed by atoms with Crippen LogP contribution in [-0.4, -0.2) is 42.0 Å². The average molecular weight is 264 g/mol. The van der Waals surface area contributed by atoms with Gasteiger partial charge in [0.15, 0.2) is 0 Å². The number of hydrogen-bond acceptors (Lipinski definition) is 1. The van der Waals surface area contributed by atoms with Gasteiger partial charge in [0.1, 0.15) is 0 Å². The number of carbonyl (C=O) groups is 1. The van der Waals surface area contributed by atoms with E-state index in [2.05, 4.69) is 40.7 Å². The first-order valence-electron chi connectivity index (χ1n) is 7.42. The van der Waals surface area contributed by atoms with Crippen LogP contribution in [-0.2, 0) is 0 Å². The van der Waals surface area contributed by atoms with Crippen LogP contribution in [0.25, 0.3) is 0 Å². The van der Waals surface area contributed by atoms with Crippen LogP contribution >= 0.6 is 0 Å². The van der Waals surface area contributed by atoms with Crippen molar-refractivity contribution in [3.8, 4) is 0 Å². The molecule has 0 aliphatic carbocycles. The van der Waals surface area contributed by atoms with Crippen molar-refractivity contribution < 1.29 is 4.79 Å². The van der Waals surface area contributed by atoms with E-state index < -0.39 is 0 Å². The Morgan fingerprint density at radius 3 is 2.37 bits per heavy atom. The Balaban J connectivity index is 1.96. The van der Waals surface area contributed by atoms with Gasteiger partial charge in [-0.2, -0.15) is 0 Å². The van der Waals surface area contributed by atoms with Crippen molar-refractivity contribution in [3.63, 3.8) is 0 Å². The molecule has 3 heteroatoms. The van der Waals surface area contributed by atoms with Crippen molar-refractivity contribution in [2.45, 2.75) is 47.5 Å². The molecule has 1 saturated heterocycles. The number of urea groups is 1. The Kier molecular flexibility index (Phi) is 3.67. The zero-order chi connectivity index (χ0) is 14.3. The monoisotopic (exact) mass is 264 g/mol. The number of rotatable bonds is 0. The fourth-order valence-electron chi connectivity index (χ4n) is 3.05. The molecule has 0 unspecified atom stereocenters. The second kappa shape index (κ2) is 4.84. The maximum atomic E-state index is 12.4. The van der Waals surface area contributed by atoms with Crippen LogP contribution in [0.2, 0.25) is 0 Å². The molecule has 3 nitrogen and oxygen atoms in total. The molecule has 2 aliphatic heterocycles. The van der Waals surface area contributed by atoms with E-state index in [0.29, 0.717) is 5.41 Å². The zero-order valence-electron chi connectivity index (χ0n) is 13.1. The lowest BCUT2D eigenvalue weighted by atomic mass is 9.84. The van der Waals surface area contributed by atoms with Gasteiger partial charge in [-0.15, -0.1) is 0 Å². The van der Waals surface area contributed by atoms with Gasteiger partial charge in [0.25, 0.3) is 0 Å². The third-order valence-electron chi connectivity index (χ3n) is 4.17. The molecule has 0 radical (unpaired) electrons. The van der Waals surface area contributed by atoms with Gasteiger partial charge in [-0.1, -0.05) is 46.3 Å². The number of likely N-dealkylation sites (tertiary alicyclic amines) is 1. The van der Waals surface area contributed by atoms with Crippen molar-refractivity contribution in [2.75, 3.05) is 26.2 Å². The van der Waals surface area contributed by atoms with Crippen LogP contribution < -0.4 is 0 Å². The Bertz CT molecular complexity index is 382. The molecule has 0 spiro atoms. The first kappa shape index (κ1) is 14.4. The molecule has 0 atom stereocenters. The number of allylic oxidation sites excluding steroid dienone is 1. The standard InChI is InChI=1S/C16H28N2O/c1-15(2,3)13-7-6-9-17(10-8-13)14(19)18-11-16(4,5)12-18/h8H,6-7,9-12H2,1-5H3. The second-order valence-electron chi connectivity index (χ2n) is 7.83. The molecule has 0 bridgehead atoms. The summed E-state index contributed by atoms with van der Waals surface area (Å²) in [6.45, 7) is 14.7. The molecule has 2 rings (SSSR count). The summed E-state index contributed by atoms with van der Waals surface area (Å²) in [5, 5.41) is 0. The van der Waals surface area contributed by atoms with Crippen LogP contribution in [0.3, 0.4) is 0 Å². The number of carbonyl (C=O) groups excluding carboxylic acids is 1. The van der Waals surface area contributed by atoms with Crippen molar-refractivity contribution in [1.29, 1.82) is 0 Å². The molecule has 2 aliphatic rings. The quantitative estimate of drug-likeness (QED) is 0.614. The highest BCUT2D eigenvalue weighted by atomic mass is 16.2. The Morgan fingerprint density at radius 1 is 1.21 bits per heavy atom. The van der Waals surface area contributed by atoms with Gasteiger partial charge in [0, 0.05) is 31.6 Å². The smallest absolute Gasteiger partial charge is 0.320 e. The summed E-state index contributed by atoms with van der Waals surface area (Å²) in [5.74, 6) is 0. The van der Waals surface area contributed by atoms with Crippen molar-refractivity contribution >= 4 is 6.03 Å². The number of amides is 2. The van der Waals surface area contributed by atoms with E-state index in [1.807, 2.05) is 9.80 Å². The molecule has 0 N–H and O–H groups in total. The van der Waals surface area contributed by atoms with Gasteiger partial charge in [0.2, 0.25) is 0 Å². The summed E-state index contributed by atoms with van der Waals surface area (Å²) in [6.07, 6.45) is 4.49. The molecule has 2 amide bonds. The van der Waals surface area contributed by atoms with Crippen LogP contribution in [0, 0.1) is 10.8 Å². The summed E-state index contributed by atoms with van der Waals surface area (Å²) in [6, 6.07) is 0.228. The van der Waals surface area contributed by atoms with Gasteiger partial charge in [-0.05, 0) is 18.3 Å². The van der Waals surface area contributed by atoms with Gasteiger partial charge >= 0.3 is 6.03 Å². The molecule has 0 aromatic heterocycles. The minimum Gasteiger partial charge on any atom is -0.323 e. The fraction of sp³-hybridized carbons (Fsp3) is 0.812. The van der Waals surface area contributed by atoms with Gasteiger partial charge < -0.3 is 9.80 Å². The minimum atomic E-state index is 0.228.